The molecule has 1 aliphatic rings. The zero-order valence-corrected chi connectivity index (χ0v) is 18.1. The van der Waals surface area contributed by atoms with Crippen LogP contribution in [0, 0.1) is 0 Å². The van der Waals surface area contributed by atoms with Crippen LogP contribution < -0.4 is 10.6 Å². The molecule has 1 aromatic rings. The lowest BCUT2D eigenvalue weighted by Gasteiger charge is -2.34. The number of nitrogens with one attached hydrogen (secondary N) is 2. The molecular weight excluding hydrogens is 362 g/mol. The van der Waals surface area contributed by atoms with Gasteiger partial charge >= 0.3 is 6.03 Å². The minimum absolute atomic E-state index is 0.0282. The topological polar surface area (TPSA) is 53.6 Å². The van der Waals surface area contributed by atoms with Gasteiger partial charge in [0.15, 0.2) is 0 Å². The highest BCUT2D eigenvalue weighted by Crippen LogP contribution is 2.25. The lowest BCUT2D eigenvalue weighted by Crippen LogP contribution is -2.42. The van der Waals surface area contributed by atoms with E-state index in [1.165, 1.54) is 19.3 Å². The molecule has 1 saturated carbocycles. The summed E-state index contributed by atoms with van der Waals surface area (Å²) in [6.45, 7) is 6.73. The molecule has 2 N–H and O–H groups in total. The van der Waals surface area contributed by atoms with Gasteiger partial charge in [-0.15, -0.1) is 6.58 Å². The molecule has 0 aliphatic heterocycles. The molecular formula is C24H39N3O2. The van der Waals surface area contributed by atoms with E-state index in [1.807, 2.05) is 48.4 Å². The number of carbonyl (C=O) groups is 1. The average molecular weight is 402 g/mol. The van der Waals surface area contributed by atoms with Crippen molar-refractivity contribution in [2.75, 3.05) is 32.1 Å². The Balaban J connectivity index is 1.50. The number of carbonyl (C=O) groups excluding carboxylic acids is 1. The van der Waals surface area contributed by atoms with Gasteiger partial charge in [-0.3, -0.25) is 0 Å². The van der Waals surface area contributed by atoms with Crippen molar-refractivity contribution in [1.29, 1.82) is 0 Å². The van der Waals surface area contributed by atoms with Crippen molar-refractivity contribution in [2.24, 2.45) is 0 Å². The number of amides is 2. The smallest absolute Gasteiger partial charge is 0.321 e. The number of hydrogen-bond donors (Lipinski definition) is 2. The number of nitrogens with zero attached hydrogens (tertiary/aromatic N) is 1. The largest absolute Gasteiger partial charge is 0.378 e. The fraction of sp³-hybridized carbons (Fsp3) is 0.625. The first-order valence-electron chi connectivity index (χ1n) is 11.2. The quantitative estimate of drug-likeness (QED) is 0.353. The number of para-hydroxylation sites is 1. The highest BCUT2D eigenvalue weighted by molar-refractivity contribution is 5.89. The van der Waals surface area contributed by atoms with Crippen LogP contribution in [0.15, 0.2) is 43.0 Å². The standard InChI is InChI=1S/C24H39N3O2/c1-3-4-18-25-19-10-5-6-11-20-29-23-16-14-22(15-17-23)27(2)24(28)26-21-12-8-7-9-13-21/h3,7-9,12-13,22-23,25H,1,4-6,10-11,14-20H2,2H3,(H,26,28). The molecule has 0 saturated heterocycles. The minimum Gasteiger partial charge on any atom is -0.378 e. The maximum absolute atomic E-state index is 12.4. The summed E-state index contributed by atoms with van der Waals surface area (Å²) in [7, 11) is 1.90. The summed E-state index contributed by atoms with van der Waals surface area (Å²) in [4.78, 5) is 14.3. The monoisotopic (exact) mass is 401 g/mol. The second-order valence-corrected chi connectivity index (χ2v) is 7.95. The second-order valence-electron chi connectivity index (χ2n) is 7.95. The first-order chi connectivity index (χ1) is 14.2. The van der Waals surface area contributed by atoms with Crippen molar-refractivity contribution in [3.63, 3.8) is 0 Å². The number of ether oxygens (including phenoxy) is 1. The number of rotatable bonds is 13. The van der Waals surface area contributed by atoms with E-state index in [0.717, 1.165) is 63.9 Å². The van der Waals surface area contributed by atoms with E-state index in [0.29, 0.717) is 12.1 Å². The Morgan fingerprint density at radius 1 is 1.10 bits per heavy atom. The maximum atomic E-state index is 12.4. The molecule has 5 nitrogen and oxygen atoms in total. The van der Waals surface area contributed by atoms with Crippen molar-refractivity contribution in [3.8, 4) is 0 Å². The van der Waals surface area contributed by atoms with Gasteiger partial charge in [0.25, 0.3) is 0 Å². The van der Waals surface area contributed by atoms with Crippen LogP contribution in [0.25, 0.3) is 0 Å². The van der Waals surface area contributed by atoms with Gasteiger partial charge in [0.05, 0.1) is 6.10 Å². The van der Waals surface area contributed by atoms with E-state index in [9.17, 15) is 4.79 Å². The molecule has 2 amide bonds. The highest BCUT2D eigenvalue weighted by Gasteiger charge is 2.26. The normalized spacial score (nSPS) is 18.9. The zero-order valence-electron chi connectivity index (χ0n) is 18.1. The molecule has 1 fully saturated rings. The van der Waals surface area contributed by atoms with Crippen molar-refractivity contribution in [3.05, 3.63) is 43.0 Å². The van der Waals surface area contributed by atoms with Gasteiger partial charge in [0, 0.05) is 25.4 Å². The molecule has 0 unspecified atom stereocenters. The SMILES string of the molecule is C=CCCNCCCCCCOC1CCC(N(C)C(=O)Nc2ccccc2)CC1. The Morgan fingerprint density at radius 2 is 1.83 bits per heavy atom. The summed E-state index contributed by atoms with van der Waals surface area (Å²) < 4.78 is 6.08. The average Bonchev–Trinajstić information content (AvgIpc) is 2.75. The third kappa shape index (κ3) is 9.46. The molecule has 0 spiro atoms. The molecule has 1 aromatic carbocycles. The van der Waals surface area contributed by atoms with Crippen molar-refractivity contribution in [2.45, 2.75) is 69.9 Å². The van der Waals surface area contributed by atoms with E-state index in [1.54, 1.807) is 0 Å². The first-order valence-corrected chi connectivity index (χ1v) is 11.2. The summed E-state index contributed by atoms with van der Waals surface area (Å²) in [5, 5.41) is 6.40. The molecule has 29 heavy (non-hydrogen) atoms. The van der Waals surface area contributed by atoms with E-state index >= 15 is 0 Å². The van der Waals surface area contributed by atoms with Crippen molar-refractivity contribution < 1.29 is 9.53 Å². The van der Waals surface area contributed by atoms with Crippen LogP contribution in [0.3, 0.4) is 0 Å². The van der Waals surface area contributed by atoms with E-state index in [2.05, 4.69) is 17.2 Å². The number of urea groups is 1. The van der Waals surface area contributed by atoms with Gasteiger partial charge in [-0.1, -0.05) is 37.1 Å². The zero-order chi connectivity index (χ0) is 20.7. The number of hydrogen-bond acceptors (Lipinski definition) is 3. The number of unbranched alkanes of at least 4 members (excludes halogenated alkanes) is 3. The van der Waals surface area contributed by atoms with Crippen LogP contribution in [0.1, 0.15) is 57.8 Å². The second kappa shape index (κ2) is 14.2. The molecule has 0 aromatic heterocycles. The fourth-order valence-electron chi connectivity index (χ4n) is 3.78. The molecule has 162 valence electrons. The summed E-state index contributed by atoms with van der Waals surface area (Å²) in [5.41, 5.74) is 0.842. The Bertz CT molecular complexity index is 571. The van der Waals surface area contributed by atoms with Crippen molar-refractivity contribution >= 4 is 11.7 Å². The van der Waals surface area contributed by atoms with Crippen LogP contribution in [0.4, 0.5) is 10.5 Å². The summed E-state index contributed by atoms with van der Waals surface area (Å²) in [6, 6.07) is 9.90. The van der Waals surface area contributed by atoms with Crippen molar-refractivity contribution in [1.82, 2.24) is 10.2 Å². The van der Waals surface area contributed by atoms with Gasteiger partial charge < -0.3 is 20.3 Å². The molecule has 5 heteroatoms. The highest BCUT2D eigenvalue weighted by atomic mass is 16.5. The van der Waals surface area contributed by atoms with Crippen LogP contribution >= 0.6 is 0 Å². The molecule has 0 bridgehead atoms. The van der Waals surface area contributed by atoms with E-state index in [4.69, 9.17) is 4.74 Å². The van der Waals surface area contributed by atoms with Gasteiger partial charge in [-0.2, -0.15) is 0 Å². The summed E-state index contributed by atoms with van der Waals surface area (Å²) in [6.07, 6.45) is 12.3. The molecule has 0 atom stereocenters. The van der Waals surface area contributed by atoms with Gasteiger partial charge in [-0.05, 0) is 70.2 Å². The fourth-order valence-corrected chi connectivity index (χ4v) is 3.78. The van der Waals surface area contributed by atoms with Crippen LogP contribution in [-0.4, -0.2) is 49.8 Å². The van der Waals surface area contributed by atoms with Gasteiger partial charge in [-0.25, -0.2) is 4.79 Å². The van der Waals surface area contributed by atoms with Crippen LogP contribution in [0.2, 0.25) is 0 Å². The lowest BCUT2D eigenvalue weighted by atomic mass is 9.92. The molecule has 0 radical (unpaired) electrons. The maximum Gasteiger partial charge on any atom is 0.321 e. The Morgan fingerprint density at radius 3 is 2.55 bits per heavy atom. The number of benzene rings is 1. The minimum atomic E-state index is -0.0282. The number of anilines is 1. The van der Waals surface area contributed by atoms with Crippen LogP contribution in [-0.2, 0) is 4.74 Å². The Hall–Kier alpha value is -1.85. The van der Waals surface area contributed by atoms with Gasteiger partial charge in [0.1, 0.15) is 0 Å². The predicted octanol–water partition coefficient (Wildman–Crippen LogP) is 5.20. The lowest BCUT2D eigenvalue weighted by molar-refractivity contribution is 0.0131. The van der Waals surface area contributed by atoms with E-state index < -0.39 is 0 Å². The third-order valence-electron chi connectivity index (χ3n) is 5.66. The van der Waals surface area contributed by atoms with Crippen LogP contribution in [0.5, 0.6) is 0 Å². The summed E-state index contributed by atoms with van der Waals surface area (Å²) in [5.74, 6) is 0. The Labute approximate surface area is 176 Å². The molecule has 2 rings (SSSR count). The Kier molecular flexibility index (Phi) is 11.5. The summed E-state index contributed by atoms with van der Waals surface area (Å²) >= 11 is 0. The van der Waals surface area contributed by atoms with Gasteiger partial charge in [0.2, 0.25) is 0 Å². The predicted molar refractivity (Wildman–Crippen MR) is 121 cm³/mol. The first kappa shape index (κ1) is 23.4. The van der Waals surface area contributed by atoms with E-state index in [-0.39, 0.29) is 6.03 Å². The molecule has 1 aliphatic carbocycles. The third-order valence-corrected chi connectivity index (χ3v) is 5.66. The molecule has 0 heterocycles.